The van der Waals surface area contributed by atoms with E-state index in [4.69, 9.17) is 4.74 Å². The van der Waals surface area contributed by atoms with Gasteiger partial charge in [-0.3, -0.25) is 0 Å². The molecule has 1 aliphatic rings. The van der Waals surface area contributed by atoms with Gasteiger partial charge in [0.15, 0.2) is 0 Å². The first-order valence-electron chi connectivity index (χ1n) is 6.36. The third kappa shape index (κ3) is 2.47. The summed E-state index contributed by atoms with van der Waals surface area (Å²) >= 11 is 0. The van der Waals surface area contributed by atoms with E-state index in [9.17, 15) is 8.42 Å². The number of aromatic nitrogens is 2. The van der Waals surface area contributed by atoms with Gasteiger partial charge < -0.3 is 4.74 Å². The van der Waals surface area contributed by atoms with E-state index in [0.29, 0.717) is 31.2 Å². The number of rotatable bonds is 3. The SMILES string of the molecule is O=S(=O)(c1ccc(-n2cccn2)cc1)N1CCOCC1. The molecule has 0 aliphatic carbocycles. The lowest BCUT2D eigenvalue weighted by Crippen LogP contribution is -2.40. The fraction of sp³-hybridized carbons (Fsp3) is 0.308. The molecule has 0 radical (unpaired) electrons. The van der Waals surface area contributed by atoms with Gasteiger partial charge in [-0.25, -0.2) is 13.1 Å². The van der Waals surface area contributed by atoms with E-state index in [2.05, 4.69) is 5.10 Å². The van der Waals surface area contributed by atoms with Gasteiger partial charge in [-0.15, -0.1) is 0 Å². The Morgan fingerprint density at radius 1 is 1.10 bits per heavy atom. The quantitative estimate of drug-likeness (QED) is 0.843. The van der Waals surface area contributed by atoms with E-state index in [1.54, 1.807) is 35.1 Å². The number of morpholine rings is 1. The van der Waals surface area contributed by atoms with Crippen LogP contribution in [0.25, 0.3) is 5.69 Å². The molecule has 0 spiro atoms. The summed E-state index contributed by atoms with van der Waals surface area (Å²) in [6.45, 7) is 1.71. The van der Waals surface area contributed by atoms with E-state index in [1.165, 1.54) is 4.31 Å². The maximum Gasteiger partial charge on any atom is 0.243 e. The molecular weight excluding hydrogens is 278 g/mol. The standard InChI is InChI=1S/C13H15N3O3S/c17-20(18,15-8-10-19-11-9-15)13-4-2-12(3-5-13)16-7-1-6-14-16/h1-7H,8-11H2. The minimum Gasteiger partial charge on any atom is -0.379 e. The molecule has 3 rings (SSSR count). The van der Waals surface area contributed by atoms with Crippen LogP contribution in [0.4, 0.5) is 0 Å². The molecule has 20 heavy (non-hydrogen) atoms. The van der Waals surface area contributed by atoms with Crippen molar-refractivity contribution < 1.29 is 13.2 Å². The fourth-order valence-corrected chi connectivity index (χ4v) is 3.54. The molecule has 2 heterocycles. The molecule has 0 amide bonds. The second-order valence-electron chi connectivity index (χ2n) is 4.46. The van der Waals surface area contributed by atoms with E-state index in [1.807, 2.05) is 12.3 Å². The zero-order valence-electron chi connectivity index (χ0n) is 10.8. The van der Waals surface area contributed by atoms with Crippen molar-refractivity contribution in [3.05, 3.63) is 42.7 Å². The van der Waals surface area contributed by atoms with Crippen molar-refractivity contribution >= 4 is 10.0 Å². The lowest BCUT2D eigenvalue weighted by Gasteiger charge is -2.26. The van der Waals surface area contributed by atoms with Crippen molar-refractivity contribution in [2.75, 3.05) is 26.3 Å². The Balaban J connectivity index is 1.87. The summed E-state index contributed by atoms with van der Waals surface area (Å²) in [6.07, 6.45) is 3.49. The summed E-state index contributed by atoms with van der Waals surface area (Å²) in [7, 11) is -3.42. The molecule has 106 valence electrons. The van der Waals surface area contributed by atoms with Gasteiger partial charge in [0.2, 0.25) is 10.0 Å². The molecule has 0 atom stereocenters. The molecule has 0 bridgehead atoms. The Bertz CT molecular complexity index is 659. The van der Waals surface area contributed by atoms with Crippen LogP contribution in [0, 0.1) is 0 Å². The molecule has 2 aromatic rings. The first-order chi connectivity index (χ1) is 9.68. The molecule has 1 aromatic carbocycles. The van der Waals surface area contributed by atoms with E-state index >= 15 is 0 Å². The van der Waals surface area contributed by atoms with Crippen LogP contribution < -0.4 is 0 Å². The molecule has 1 saturated heterocycles. The molecule has 7 heteroatoms. The number of hydrogen-bond acceptors (Lipinski definition) is 4. The predicted molar refractivity (Wildman–Crippen MR) is 73.1 cm³/mol. The first-order valence-corrected chi connectivity index (χ1v) is 7.80. The van der Waals surface area contributed by atoms with Crippen molar-refractivity contribution in [1.82, 2.24) is 14.1 Å². The highest BCUT2D eigenvalue weighted by Crippen LogP contribution is 2.18. The van der Waals surface area contributed by atoms with E-state index in [-0.39, 0.29) is 0 Å². The van der Waals surface area contributed by atoms with Gasteiger partial charge in [-0.2, -0.15) is 9.40 Å². The van der Waals surface area contributed by atoms with E-state index < -0.39 is 10.0 Å². The number of nitrogens with zero attached hydrogens (tertiary/aromatic N) is 3. The van der Waals surface area contributed by atoms with Gasteiger partial charge in [-0.05, 0) is 30.3 Å². The van der Waals surface area contributed by atoms with Crippen molar-refractivity contribution in [3.63, 3.8) is 0 Å². The normalized spacial score (nSPS) is 17.2. The smallest absolute Gasteiger partial charge is 0.243 e. The highest BCUT2D eigenvalue weighted by atomic mass is 32.2. The maximum absolute atomic E-state index is 12.4. The molecule has 6 nitrogen and oxygen atoms in total. The third-order valence-corrected chi connectivity index (χ3v) is 5.13. The van der Waals surface area contributed by atoms with Crippen molar-refractivity contribution in [1.29, 1.82) is 0 Å². The summed E-state index contributed by atoms with van der Waals surface area (Å²) in [4.78, 5) is 0.301. The number of benzene rings is 1. The second kappa shape index (κ2) is 5.35. The molecule has 0 saturated carbocycles. The zero-order valence-corrected chi connectivity index (χ0v) is 11.7. The largest absolute Gasteiger partial charge is 0.379 e. The Kier molecular flexibility index (Phi) is 3.56. The van der Waals surface area contributed by atoms with Crippen LogP contribution in [0.1, 0.15) is 0 Å². The van der Waals surface area contributed by atoms with Crippen LogP contribution >= 0.6 is 0 Å². The lowest BCUT2D eigenvalue weighted by molar-refractivity contribution is 0.0730. The number of hydrogen-bond donors (Lipinski definition) is 0. The fourth-order valence-electron chi connectivity index (χ4n) is 2.13. The van der Waals surface area contributed by atoms with Crippen molar-refractivity contribution in [3.8, 4) is 5.69 Å². The molecule has 0 unspecified atom stereocenters. The second-order valence-corrected chi connectivity index (χ2v) is 6.40. The first kappa shape index (κ1) is 13.3. The predicted octanol–water partition coefficient (Wildman–Crippen LogP) is 0.893. The summed E-state index contributed by atoms with van der Waals surface area (Å²) in [6, 6.07) is 8.54. The van der Waals surface area contributed by atoms with Crippen molar-refractivity contribution in [2.24, 2.45) is 0 Å². The summed E-state index contributed by atoms with van der Waals surface area (Å²) in [5.74, 6) is 0. The molecule has 1 fully saturated rings. The van der Waals surface area contributed by atoms with Crippen LogP contribution in [0.3, 0.4) is 0 Å². The summed E-state index contributed by atoms with van der Waals surface area (Å²) < 4.78 is 33.2. The minimum atomic E-state index is -3.42. The topological polar surface area (TPSA) is 64.4 Å². The average molecular weight is 293 g/mol. The highest BCUT2D eigenvalue weighted by Gasteiger charge is 2.26. The Labute approximate surface area is 117 Å². The molecule has 0 N–H and O–H groups in total. The van der Waals surface area contributed by atoms with Crippen LogP contribution in [-0.4, -0.2) is 48.8 Å². The van der Waals surface area contributed by atoms with Gasteiger partial charge in [-0.1, -0.05) is 0 Å². The highest BCUT2D eigenvalue weighted by molar-refractivity contribution is 7.89. The van der Waals surface area contributed by atoms with Crippen molar-refractivity contribution in [2.45, 2.75) is 4.90 Å². The van der Waals surface area contributed by atoms with Gasteiger partial charge in [0.25, 0.3) is 0 Å². The molecular formula is C13H15N3O3S. The van der Waals surface area contributed by atoms with Crippen LogP contribution in [0.2, 0.25) is 0 Å². The van der Waals surface area contributed by atoms with Gasteiger partial charge in [0.1, 0.15) is 0 Å². The van der Waals surface area contributed by atoms with Crippen LogP contribution in [-0.2, 0) is 14.8 Å². The monoisotopic (exact) mass is 293 g/mol. The maximum atomic E-state index is 12.4. The zero-order chi connectivity index (χ0) is 14.0. The van der Waals surface area contributed by atoms with Crippen LogP contribution in [0.5, 0.6) is 0 Å². The van der Waals surface area contributed by atoms with Gasteiger partial charge in [0, 0.05) is 25.5 Å². The average Bonchev–Trinajstić information content (AvgIpc) is 3.02. The molecule has 1 aliphatic heterocycles. The molecule has 1 aromatic heterocycles. The Morgan fingerprint density at radius 2 is 1.80 bits per heavy atom. The third-order valence-electron chi connectivity index (χ3n) is 3.21. The van der Waals surface area contributed by atoms with Gasteiger partial charge >= 0.3 is 0 Å². The summed E-state index contributed by atoms with van der Waals surface area (Å²) in [5, 5.41) is 4.11. The number of sulfonamides is 1. The Morgan fingerprint density at radius 3 is 2.40 bits per heavy atom. The van der Waals surface area contributed by atoms with Gasteiger partial charge in [0.05, 0.1) is 23.8 Å². The Hall–Kier alpha value is -1.70. The summed E-state index contributed by atoms with van der Waals surface area (Å²) in [5.41, 5.74) is 0.830. The lowest BCUT2D eigenvalue weighted by atomic mass is 10.3. The number of ether oxygens (including phenoxy) is 1. The minimum absolute atomic E-state index is 0.301. The van der Waals surface area contributed by atoms with Crippen LogP contribution in [0.15, 0.2) is 47.6 Å². The van der Waals surface area contributed by atoms with E-state index in [0.717, 1.165) is 5.69 Å².